The fourth-order valence-corrected chi connectivity index (χ4v) is 4.97. The number of pyridine rings is 1. The van der Waals surface area contributed by atoms with Crippen molar-refractivity contribution in [3.63, 3.8) is 0 Å². The third-order valence-corrected chi connectivity index (χ3v) is 6.96. The van der Waals surface area contributed by atoms with Gasteiger partial charge in [-0.2, -0.15) is 4.68 Å². The summed E-state index contributed by atoms with van der Waals surface area (Å²) in [5.41, 5.74) is 3.05. The van der Waals surface area contributed by atoms with Gasteiger partial charge in [0.05, 0.1) is 29.6 Å². The summed E-state index contributed by atoms with van der Waals surface area (Å²) in [5.74, 6) is 0.400. The first-order chi connectivity index (χ1) is 15.9. The number of morpholine rings is 1. The highest BCUT2D eigenvalue weighted by Gasteiger charge is 2.41. The van der Waals surface area contributed by atoms with Crippen LogP contribution in [0.4, 0.5) is 0 Å². The van der Waals surface area contributed by atoms with E-state index in [0.717, 1.165) is 56.0 Å². The average molecular weight is 456 g/mol. The molecule has 1 unspecified atom stereocenters. The molecule has 3 aliphatic heterocycles. The van der Waals surface area contributed by atoms with Crippen LogP contribution in [-0.4, -0.2) is 97.6 Å². The normalized spacial score (nSPS) is 22.2. The predicted molar refractivity (Wildman–Crippen MR) is 116 cm³/mol. The van der Waals surface area contributed by atoms with E-state index in [1.54, 1.807) is 0 Å². The maximum atomic E-state index is 11.8. The molecule has 2 aromatic heterocycles. The topological polar surface area (TPSA) is 119 Å². The highest BCUT2D eigenvalue weighted by molar-refractivity contribution is 5.90. The summed E-state index contributed by atoms with van der Waals surface area (Å²) in [6.45, 7) is 8.50. The Balaban J connectivity index is 1.19. The molecule has 5 rings (SSSR count). The molecule has 0 aliphatic carbocycles. The molecule has 1 atom stereocenters. The van der Waals surface area contributed by atoms with Gasteiger partial charge < -0.3 is 24.4 Å². The molecule has 0 saturated carbocycles. The van der Waals surface area contributed by atoms with E-state index < -0.39 is 6.10 Å². The van der Waals surface area contributed by atoms with Crippen LogP contribution in [0.3, 0.4) is 0 Å². The van der Waals surface area contributed by atoms with E-state index in [4.69, 9.17) is 9.47 Å². The molecular weight excluding hydrogens is 426 g/mol. The van der Waals surface area contributed by atoms with E-state index in [1.807, 2.05) is 26.0 Å². The lowest BCUT2D eigenvalue weighted by molar-refractivity contribution is -0.137. The van der Waals surface area contributed by atoms with E-state index >= 15 is 0 Å². The zero-order chi connectivity index (χ0) is 23.0. The number of rotatable bonds is 5. The molecule has 3 aliphatic rings. The van der Waals surface area contributed by atoms with Crippen LogP contribution >= 0.6 is 0 Å². The van der Waals surface area contributed by atoms with Gasteiger partial charge >= 0.3 is 5.97 Å². The van der Waals surface area contributed by atoms with E-state index in [9.17, 15) is 9.90 Å². The zero-order valence-corrected chi connectivity index (χ0v) is 19.0. The molecule has 2 fully saturated rings. The van der Waals surface area contributed by atoms with Crippen LogP contribution in [0.2, 0.25) is 0 Å². The molecule has 176 valence electrons. The number of tetrazole rings is 1. The van der Waals surface area contributed by atoms with Crippen molar-refractivity contribution >= 4 is 5.97 Å². The maximum absolute atomic E-state index is 11.8. The lowest BCUT2D eigenvalue weighted by atomic mass is 9.88. The Morgan fingerprint density at radius 3 is 2.70 bits per heavy atom. The first-order valence-corrected chi connectivity index (χ1v) is 11.3. The first-order valence-electron chi connectivity index (χ1n) is 11.3. The SMILES string of the molecule is CC1=C(N2CCOC3(CCN(CC(O)c4ccc(-n5cnnn5)nc4C)CC3)C2)COC1=O. The van der Waals surface area contributed by atoms with Gasteiger partial charge in [0.2, 0.25) is 0 Å². The number of cyclic esters (lactones) is 1. The Hall–Kier alpha value is -2.89. The molecule has 1 N–H and O–H groups in total. The number of likely N-dealkylation sites (tertiary alicyclic amines) is 1. The summed E-state index contributed by atoms with van der Waals surface area (Å²) in [6, 6.07) is 3.70. The highest BCUT2D eigenvalue weighted by atomic mass is 16.5. The van der Waals surface area contributed by atoms with Crippen molar-refractivity contribution in [2.24, 2.45) is 0 Å². The average Bonchev–Trinajstić information content (AvgIpc) is 3.46. The third kappa shape index (κ3) is 4.35. The van der Waals surface area contributed by atoms with Crippen molar-refractivity contribution < 1.29 is 19.4 Å². The van der Waals surface area contributed by atoms with E-state index in [-0.39, 0.29) is 11.6 Å². The molecule has 2 aromatic rings. The Kier molecular flexibility index (Phi) is 5.85. The molecule has 0 radical (unpaired) electrons. The number of carbonyl (C=O) groups is 1. The van der Waals surface area contributed by atoms with Gasteiger partial charge in [0.15, 0.2) is 5.82 Å². The largest absolute Gasteiger partial charge is 0.456 e. The molecule has 33 heavy (non-hydrogen) atoms. The third-order valence-electron chi connectivity index (χ3n) is 6.96. The number of nitrogens with zero attached hydrogens (tertiary/aromatic N) is 7. The Labute approximate surface area is 192 Å². The van der Waals surface area contributed by atoms with Crippen LogP contribution in [0.25, 0.3) is 5.82 Å². The number of aromatic nitrogens is 5. The number of aliphatic hydroxyl groups is 1. The molecule has 0 aromatic carbocycles. The fourth-order valence-electron chi connectivity index (χ4n) is 4.97. The number of esters is 1. The van der Waals surface area contributed by atoms with Crippen LogP contribution in [0.15, 0.2) is 29.7 Å². The summed E-state index contributed by atoms with van der Waals surface area (Å²) >= 11 is 0. The second-order valence-corrected chi connectivity index (χ2v) is 9.02. The maximum Gasteiger partial charge on any atom is 0.335 e. The van der Waals surface area contributed by atoms with Crippen molar-refractivity contribution in [3.8, 4) is 5.82 Å². The number of aryl methyl sites for hydroxylation is 1. The minimum Gasteiger partial charge on any atom is -0.456 e. The lowest BCUT2D eigenvalue weighted by Crippen LogP contribution is -2.57. The number of aliphatic hydroxyl groups excluding tert-OH is 1. The van der Waals surface area contributed by atoms with Crippen LogP contribution in [-0.2, 0) is 14.3 Å². The number of piperidine rings is 1. The minimum atomic E-state index is -0.632. The summed E-state index contributed by atoms with van der Waals surface area (Å²) in [4.78, 5) is 20.8. The number of ether oxygens (including phenoxy) is 2. The van der Waals surface area contributed by atoms with Crippen LogP contribution in [0.5, 0.6) is 0 Å². The number of hydrogen-bond donors (Lipinski definition) is 1. The number of β-amino-alcohol motifs (C(OH)–C–C–N with tert-alkyl or cyclic N) is 1. The second-order valence-electron chi connectivity index (χ2n) is 9.02. The van der Waals surface area contributed by atoms with Crippen LogP contribution in [0.1, 0.15) is 37.1 Å². The van der Waals surface area contributed by atoms with Gasteiger partial charge in [-0.3, -0.25) is 0 Å². The van der Waals surface area contributed by atoms with Crippen molar-refractivity contribution in [2.45, 2.75) is 38.4 Å². The standard InChI is InChI=1S/C22H29N7O4/c1-15-18(12-32-21(15)31)28-9-10-33-22(13-28)5-7-27(8-6-22)11-19(30)17-3-4-20(24-16(17)2)29-14-23-25-26-29/h3-4,14,19,30H,5-13H2,1-2H3. The van der Waals surface area contributed by atoms with Crippen molar-refractivity contribution in [2.75, 3.05) is 45.9 Å². The van der Waals surface area contributed by atoms with Gasteiger partial charge in [-0.15, -0.1) is 5.10 Å². The number of hydrogen-bond acceptors (Lipinski definition) is 10. The molecular formula is C22H29N7O4. The molecule has 11 heteroatoms. The first kappa shape index (κ1) is 21.9. The second kappa shape index (κ2) is 8.81. The number of carbonyl (C=O) groups excluding carboxylic acids is 1. The summed E-state index contributed by atoms with van der Waals surface area (Å²) in [5, 5.41) is 22.0. The van der Waals surface area contributed by atoms with Crippen LogP contribution < -0.4 is 0 Å². The fraction of sp³-hybridized carbons (Fsp3) is 0.591. The van der Waals surface area contributed by atoms with Crippen molar-refractivity contribution in [1.82, 2.24) is 35.0 Å². The van der Waals surface area contributed by atoms with Gasteiger partial charge in [0, 0.05) is 44.0 Å². The van der Waals surface area contributed by atoms with Crippen molar-refractivity contribution in [1.29, 1.82) is 0 Å². The summed E-state index contributed by atoms with van der Waals surface area (Å²) in [7, 11) is 0. The molecule has 2 saturated heterocycles. The Morgan fingerprint density at radius 1 is 1.21 bits per heavy atom. The quantitative estimate of drug-likeness (QED) is 0.635. The Bertz CT molecular complexity index is 1050. The summed E-state index contributed by atoms with van der Waals surface area (Å²) < 4.78 is 12.9. The molecule has 0 amide bonds. The van der Waals surface area contributed by atoms with Gasteiger partial charge in [0.25, 0.3) is 0 Å². The molecule has 1 spiro atoms. The summed E-state index contributed by atoms with van der Waals surface area (Å²) in [6.07, 6.45) is 2.62. The van der Waals surface area contributed by atoms with Crippen LogP contribution in [0, 0.1) is 6.92 Å². The van der Waals surface area contributed by atoms with E-state index in [2.05, 4.69) is 30.3 Å². The predicted octanol–water partition coefficient (Wildman–Crippen LogP) is 0.397. The molecule has 0 bridgehead atoms. The van der Waals surface area contributed by atoms with E-state index in [1.165, 1.54) is 11.0 Å². The monoisotopic (exact) mass is 455 g/mol. The van der Waals surface area contributed by atoms with Gasteiger partial charge in [-0.25, -0.2) is 9.78 Å². The van der Waals surface area contributed by atoms with Gasteiger partial charge in [-0.1, -0.05) is 6.07 Å². The zero-order valence-electron chi connectivity index (χ0n) is 19.0. The lowest BCUT2D eigenvalue weighted by Gasteiger charge is -2.48. The molecule has 11 nitrogen and oxygen atoms in total. The molecule has 5 heterocycles. The van der Waals surface area contributed by atoms with E-state index in [0.29, 0.717) is 31.1 Å². The smallest absolute Gasteiger partial charge is 0.335 e. The Morgan fingerprint density at radius 2 is 2.03 bits per heavy atom. The van der Waals surface area contributed by atoms with Crippen molar-refractivity contribution in [3.05, 3.63) is 41.0 Å². The minimum absolute atomic E-state index is 0.217. The van der Waals surface area contributed by atoms with Gasteiger partial charge in [0.1, 0.15) is 12.9 Å². The highest BCUT2D eigenvalue weighted by Crippen LogP contribution is 2.34. The van der Waals surface area contributed by atoms with Gasteiger partial charge in [-0.05, 0) is 43.2 Å².